The van der Waals surface area contributed by atoms with Gasteiger partial charge in [-0.25, -0.2) is 4.98 Å². The number of aromatic nitrogens is 1. The Morgan fingerprint density at radius 1 is 1.30 bits per heavy atom. The first kappa shape index (κ1) is 13.6. The van der Waals surface area contributed by atoms with Gasteiger partial charge in [-0.2, -0.15) is 0 Å². The molecule has 0 aliphatic heterocycles. The van der Waals surface area contributed by atoms with Crippen molar-refractivity contribution in [2.45, 2.75) is 39.7 Å². The second-order valence-electron chi connectivity index (χ2n) is 5.97. The Hall–Kier alpha value is -1.35. The van der Waals surface area contributed by atoms with E-state index < -0.39 is 0 Å². The van der Waals surface area contributed by atoms with Crippen LogP contribution in [-0.2, 0) is 19.4 Å². The van der Waals surface area contributed by atoms with Gasteiger partial charge in [0.25, 0.3) is 0 Å². The smallest absolute Gasteiger partial charge is 0.183 e. The Bertz CT molecular complexity index is 560. The maximum Gasteiger partial charge on any atom is 0.183 e. The molecule has 1 atom stereocenters. The molecule has 1 N–H and O–H groups in total. The molecule has 0 amide bonds. The largest absolute Gasteiger partial charge is 0.357 e. The minimum Gasteiger partial charge on any atom is -0.357 e. The van der Waals surface area contributed by atoms with E-state index in [9.17, 15) is 0 Å². The van der Waals surface area contributed by atoms with Crippen LogP contribution in [-0.4, -0.2) is 4.98 Å². The molecule has 1 aromatic heterocycles. The topological polar surface area (TPSA) is 24.9 Å². The van der Waals surface area contributed by atoms with Crippen molar-refractivity contribution in [3.63, 3.8) is 0 Å². The van der Waals surface area contributed by atoms with Gasteiger partial charge in [-0.15, -0.1) is 11.3 Å². The maximum atomic E-state index is 4.77. The van der Waals surface area contributed by atoms with Crippen LogP contribution in [0.25, 0.3) is 0 Å². The standard InChI is InChI=1S/C17H22N2S/c1-12(2)14-8-9-15-16(10-14)20-17(19-15)18-11-13-6-4-3-5-7-13/h3-7,12,14H,8-11H2,1-2H3,(H,18,19). The molecule has 0 bridgehead atoms. The van der Waals surface area contributed by atoms with Crippen LogP contribution in [0.1, 0.15) is 36.4 Å². The highest BCUT2D eigenvalue weighted by atomic mass is 32.1. The van der Waals surface area contributed by atoms with Crippen molar-refractivity contribution in [1.82, 2.24) is 4.98 Å². The number of anilines is 1. The number of hydrogen-bond acceptors (Lipinski definition) is 3. The summed E-state index contributed by atoms with van der Waals surface area (Å²) in [5, 5.41) is 4.56. The van der Waals surface area contributed by atoms with Gasteiger partial charge in [0.05, 0.1) is 5.69 Å². The molecular formula is C17H22N2S. The molecule has 0 fully saturated rings. The minimum absolute atomic E-state index is 0.783. The quantitative estimate of drug-likeness (QED) is 0.894. The molecule has 0 radical (unpaired) electrons. The van der Waals surface area contributed by atoms with Crippen LogP contribution in [0.4, 0.5) is 5.13 Å². The Labute approximate surface area is 125 Å². The first-order valence-electron chi connectivity index (χ1n) is 7.48. The summed E-state index contributed by atoms with van der Waals surface area (Å²) in [7, 11) is 0. The number of aryl methyl sites for hydroxylation is 1. The summed E-state index contributed by atoms with van der Waals surface area (Å²) in [5.41, 5.74) is 2.64. The van der Waals surface area contributed by atoms with E-state index in [1.54, 1.807) is 0 Å². The fourth-order valence-corrected chi connectivity index (χ4v) is 3.92. The molecule has 106 valence electrons. The van der Waals surface area contributed by atoms with Crippen molar-refractivity contribution in [1.29, 1.82) is 0 Å². The third-order valence-corrected chi connectivity index (χ3v) is 5.28. The van der Waals surface area contributed by atoms with E-state index >= 15 is 0 Å². The molecule has 0 spiro atoms. The highest BCUT2D eigenvalue weighted by Crippen LogP contribution is 2.35. The molecule has 1 unspecified atom stereocenters. The summed E-state index contributed by atoms with van der Waals surface area (Å²) in [6.45, 7) is 5.54. The summed E-state index contributed by atoms with van der Waals surface area (Å²) >= 11 is 1.85. The first-order chi connectivity index (χ1) is 9.72. The van der Waals surface area contributed by atoms with Crippen molar-refractivity contribution in [3.8, 4) is 0 Å². The van der Waals surface area contributed by atoms with Gasteiger partial charge in [0.15, 0.2) is 5.13 Å². The second kappa shape index (κ2) is 5.96. The van der Waals surface area contributed by atoms with E-state index in [1.165, 1.54) is 29.0 Å². The number of nitrogens with one attached hydrogen (secondary N) is 1. The van der Waals surface area contributed by atoms with Gasteiger partial charge < -0.3 is 5.32 Å². The van der Waals surface area contributed by atoms with E-state index in [1.807, 2.05) is 11.3 Å². The van der Waals surface area contributed by atoms with Crippen molar-refractivity contribution >= 4 is 16.5 Å². The summed E-state index contributed by atoms with van der Waals surface area (Å²) in [6.07, 6.45) is 3.67. The lowest BCUT2D eigenvalue weighted by Crippen LogP contribution is -2.17. The number of fused-ring (bicyclic) bond motifs is 1. The number of rotatable bonds is 4. The number of hydrogen-bond donors (Lipinski definition) is 1. The normalized spacial score (nSPS) is 18.1. The van der Waals surface area contributed by atoms with Gasteiger partial charge in [-0.3, -0.25) is 0 Å². The number of nitrogens with zero attached hydrogens (tertiary/aromatic N) is 1. The van der Waals surface area contributed by atoms with Crippen LogP contribution in [0.2, 0.25) is 0 Å². The molecular weight excluding hydrogens is 264 g/mol. The lowest BCUT2D eigenvalue weighted by Gasteiger charge is -2.24. The predicted molar refractivity (Wildman–Crippen MR) is 86.2 cm³/mol. The lowest BCUT2D eigenvalue weighted by atomic mass is 9.83. The average Bonchev–Trinajstić information content (AvgIpc) is 2.88. The van der Waals surface area contributed by atoms with Crippen LogP contribution in [0.5, 0.6) is 0 Å². The van der Waals surface area contributed by atoms with Crippen molar-refractivity contribution in [2.75, 3.05) is 5.32 Å². The highest BCUT2D eigenvalue weighted by molar-refractivity contribution is 7.15. The highest BCUT2D eigenvalue weighted by Gasteiger charge is 2.24. The van der Waals surface area contributed by atoms with Crippen LogP contribution < -0.4 is 5.32 Å². The fraction of sp³-hybridized carbons (Fsp3) is 0.471. The molecule has 20 heavy (non-hydrogen) atoms. The Balaban J connectivity index is 1.65. The average molecular weight is 286 g/mol. The Morgan fingerprint density at radius 3 is 2.85 bits per heavy atom. The molecule has 1 aromatic carbocycles. The van der Waals surface area contributed by atoms with E-state index in [4.69, 9.17) is 4.98 Å². The molecule has 0 saturated heterocycles. The van der Waals surface area contributed by atoms with Crippen LogP contribution in [0, 0.1) is 11.8 Å². The zero-order valence-corrected chi connectivity index (χ0v) is 13.0. The number of benzene rings is 1. The molecule has 0 saturated carbocycles. The van der Waals surface area contributed by atoms with Gasteiger partial charge >= 0.3 is 0 Å². The van der Waals surface area contributed by atoms with E-state index in [-0.39, 0.29) is 0 Å². The van der Waals surface area contributed by atoms with Gasteiger partial charge in [0, 0.05) is 11.4 Å². The zero-order valence-electron chi connectivity index (χ0n) is 12.2. The third kappa shape index (κ3) is 3.04. The van der Waals surface area contributed by atoms with Crippen LogP contribution in [0.3, 0.4) is 0 Å². The summed E-state index contributed by atoms with van der Waals surface area (Å²) in [4.78, 5) is 6.27. The lowest BCUT2D eigenvalue weighted by molar-refractivity contribution is 0.344. The second-order valence-corrected chi connectivity index (χ2v) is 7.06. The van der Waals surface area contributed by atoms with Crippen molar-refractivity contribution in [3.05, 3.63) is 46.5 Å². The maximum absolute atomic E-state index is 4.77. The van der Waals surface area contributed by atoms with Crippen LogP contribution >= 0.6 is 11.3 Å². The predicted octanol–water partition coefficient (Wildman–Crippen LogP) is 4.52. The molecule has 3 rings (SSSR count). The van der Waals surface area contributed by atoms with Gasteiger partial charge in [-0.1, -0.05) is 44.2 Å². The first-order valence-corrected chi connectivity index (χ1v) is 8.30. The molecule has 1 heterocycles. The zero-order chi connectivity index (χ0) is 13.9. The van der Waals surface area contributed by atoms with Crippen molar-refractivity contribution < 1.29 is 0 Å². The molecule has 1 aliphatic rings. The summed E-state index contributed by atoms with van der Waals surface area (Å²) < 4.78 is 0. The molecule has 3 heteroatoms. The summed E-state index contributed by atoms with van der Waals surface area (Å²) in [5.74, 6) is 1.62. The Kier molecular flexibility index (Phi) is 4.06. The van der Waals surface area contributed by atoms with E-state index in [0.29, 0.717) is 0 Å². The van der Waals surface area contributed by atoms with Crippen LogP contribution in [0.15, 0.2) is 30.3 Å². The van der Waals surface area contributed by atoms with Gasteiger partial charge in [0.1, 0.15) is 0 Å². The SMILES string of the molecule is CC(C)C1CCc2nc(NCc3ccccc3)sc2C1. The summed E-state index contributed by atoms with van der Waals surface area (Å²) in [6, 6.07) is 10.5. The molecule has 2 nitrogen and oxygen atoms in total. The van der Waals surface area contributed by atoms with Gasteiger partial charge in [0.2, 0.25) is 0 Å². The van der Waals surface area contributed by atoms with E-state index in [0.717, 1.165) is 29.9 Å². The molecule has 2 aromatic rings. The Morgan fingerprint density at radius 2 is 2.10 bits per heavy atom. The minimum atomic E-state index is 0.783. The van der Waals surface area contributed by atoms with Crippen molar-refractivity contribution in [2.24, 2.45) is 11.8 Å². The number of thiazole rings is 1. The third-order valence-electron chi connectivity index (χ3n) is 4.21. The monoisotopic (exact) mass is 286 g/mol. The van der Waals surface area contributed by atoms with E-state index in [2.05, 4.69) is 49.5 Å². The van der Waals surface area contributed by atoms with Gasteiger partial charge in [-0.05, 0) is 36.7 Å². The fourth-order valence-electron chi connectivity index (χ4n) is 2.82. The molecule has 1 aliphatic carbocycles.